The van der Waals surface area contributed by atoms with E-state index in [4.69, 9.17) is 16.2 Å². The summed E-state index contributed by atoms with van der Waals surface area (Å²) in [7, 11) is -1.39. The zero-order valence-corrected chi connectivity index (χ0v) is 18.6. The summed E-state index contributed by atoms with van der Waals surface area (Å²) < 4.78 is 30.9. The first-order chi connectivity index (χ1) is 14.7. The molecule has 0 bridgehead atoms. The first-order valence-electron chi connectivity index (χ1n) is 9.30. The number of phenolic OH excluding ortho intramolecular Hbond substituents is 1. The van der Waals surface area contributed by atoms with E-state index < -0.39 is 20.7 Å². The van der Waals surface area contributed by atoms with Crippen LogP contribution in [0.5, 0.6) is 5.75 Å². The maximum atomic E-state index is 12.6. The number of benzene rings is 2. The van der Waals surface area contributed by atoms with E-state index in [9.17, 15) is 18.7 Å². The number of aromatic hydroxyl groups is 1. The molecule has 0 amide bonds. The normalized spacial score (nSPS) is 12.7. The number of sulfonamides is 1. The van der Waals surface area contributed by atoms with Gasteiger partial charge < -0.3 is 15.6 Å². The molecule has 10 nitrogen and oxygen atoms in total. The highest BCUT2D eigenvalue weighted by Gasteiger charge is 2.31. The fourth-order valence-corrected chi connectivity index (χ4v) is 4.41. The summed E-state index contributed by atoms with van der Waals surface area (Å²) >= 11 is 6.04. The Morgan fingerprint density at radius 1 is 1.23 bits per heavy atom. The number of aromatic nitrogens is 2. The summed E-state index contributed by atoms with van der Waals surface area (Å²) in [5, 5.41) is 30.3. The van der Waals surface area contributed by atoms with Crippen molar-refractivity contribution in [2.24, 2.45) is 0 Å². The lowest BCUT2D eigenvalue weighted by molar-refractivity contribution is -1.03. The van der Waals surface area contributed by atoms with Crippen molar-refractivity contribution in [3.05, 3.63) is 53.1 Å². The molecule has 1 heterocycles. The van der Waals surface area contributed by atoms with Gasteiger partial charge in [-0.3, -0.25) is 5.32 Å². The molecule has 2 aromatic carbocycles. The number of anilines is 3. The Hall–Kier alpha value is -3.02. The second kappa shape index (κ2) is 9.00. The molecule has 0 fully saturated rings. The van der Waals surface area contributed by atoms with Crippen LogP contribution in [0, 0.1) is 0 Å². The molecule has 1 aromatic heterocycles. The number of nitrogens with zero attached hydrogens (tertiary/aromatic N) is 3. The second-order valence-corrected chi connectivity index (χ2v) is 9.34. The van der Waals surface area contributed by atoms with E-state index in [1.165, 1.54) is 26.2 Å². The number of rotatable bonds is 8. The molecule has 0 aliphatic rings. The minimum atomic E-state index is -4.03. The molecule has 1 atom stereocenters. The monoisotopic (exact) mass is 468 g/mol. The van der Waals surface area contributed by atoms with Gasteiger partial charge in [0.2, 0.25) is 10.0 Å². The molecule has 4 N–H and O–H groups in total. The van der Waals surface area contributed by atoms with Crippen molar-refractivity contribution in [2.75, 3.05) is 24.7 Å². The van der Waals surface area contributed by atoms with E-state index in [1.54, 1.807) is 0 Å². The third-order valence-electron chi connectivity index (χ3n) is 4.62. The largest absolute Gasteiger partial charge is 0.503 e. The molecule has 0 saturated carbocycles. The lowest BCUT2D eigenvalue weighted by atomic mass is 10.0. The van der Waals surface area contributed by atoms with Crippen molar-refractivity contribution < 1.29 is 28.3 Å². The van der Waals surface area contributed by atoms with Gasteiger partial charge in [-0.05, 0) is 24.1 Å². The van der Waals surface area contributed by atoms with E-state index in [-0.39, 0.29) is 28.4 Å². The molecule has 3 rings (SSSR count). The molecule has 0 saturated heterocycles. The quantitative estimate of drug-likeness (QED) is 0.293. The molecule has 166 valence electrons. The molecular weight excluding hydrogens is 446 g/mol. The number of hydrogen-bond donors (Lipinski definition) is 4. The van der Waals surface area contributed by atoms with Gasteiger partial charge in [0.05, 0.1) is 11.1 Å². The molecule has 3 aromatic rings. The lowest BCUT2D eigenvalue weighted by Gasteiger charge is -2.16. The van der Waals surface area contributed by atoms with Gasteiger partial charge in [0.15, 0.2) is 5.75 Å². The average Bonchev–Trinajstić information content (AvgIpc) is 3.07. The van der Waals surface area contributed by atoms with Gasteiger partial charge in [0.1, 0.15) is 20.6 Å². The Bertz CT molecular complexity index is 1170. The van der Waals surface area contributed by atoms with Gasteiger partial charge >= 0.3 is 11.6 Å². The Balaban J connectivity index is 1.97. The summed E-state index contributed by atoms with van der Waals surface area (Å²) in [6, 6.07) is 12.2. The third-order valence-corrected chi connectivity index (χ3v) is 6.94. The van der Waals surface area contributed by atoms with Crippen LogP contribution >= 0.6 is 11.6 Å². The Morgan fingerprint density at radius 2 is 1.90 bits per heavy atom. The minimum absolute atomic E-state index is 0.0216. The van der Waals surface area contributed by atoms with E-state index in [2.05, 4.69) is 15.8 Å². The Labute approximate surface area is 184 Å². The van der Waals surface area contributed by atoms with Crippen molar-refractivity contribution in [2.45, 2.75) is 24.3 Å². The molecular formula is C19H23ClN5O5S+. The smallest absolute Gasteiger partial charge is 0.370 e. The lowest BCUT2D eigenvalue weighted by Crippen LogP contribution is -2.30. The first kappa shape index (κ1) is 22.7. The SMILES string of the molecule is CC[C@@H](Nc1no[n+](O)c1Nc1ccc(Cl)c(S(=O)(=O)N(C)C)c1O)c1ccccc1. The number of phenols is 1. The average molecular weight is 469 g/mol. The van der Waals surface area contributed by atoms with Crippen LogP contribution in [0.2, 0.25) is 5.02 Å². The Kier molecular flexibility index (Phi) is 6.58. The second-order valence-electron chi connectivity index (χ2n) is 6.84. The summed E-state index contributed by atoms with van der Waals surface area (Å²) in [5.74, 6) is -0.492. The van der Waals surface area contributed by atoms with Crippen LogP contribution in [0.4, 0.5) is 17.3 Å². The van der Waals surface area contributed by atoms with E-state index in [0.29, 0.717) is 11.3 Å². The van der Waals surface area contributed by atoms with Crippen LogP contribution in [0.15, 0.2) is 52.0 Å². The van der Waals surface area contributed by atoms with Crippen LogP contribution in [0.1, 0.15) is 24.9 Å². The first-order valence-corrected chi connectivity index (χ1v) is 11.1. The van der Waals surface area contributed by atoms with Gasteiger partial charge in [-0.2, -0.15) is 0 Å². The van der Waals surface area contributed by atoms with Crippen LogP contribution in [0.25, 0.3) is 0 Å². The molecule has 31 heavy (non-hydrogen) atoms. The minimum Gasteiger partial charge on any atom is -0.503 e. The van der Waals surface area contributed by atoms with Crippen molar-refractivity contribution in [1.29, 1.82) is 0 Å². The van der Waals surface area contributed by atoms with Gasteiger partial charge in [-0.25, -0.2) is 12.7 Å². The fraction of sp³-hybridized carbons (Fsp3) is 0.263. The number of halogens is 1. The molecule has 0 aliphatic carbocycles. The summed E-state index contributed by atoms with van der Waals surface area (Å²) in [6.45, 7) is 1.98. The van der Waals surface area contributed by atoms with Gasteiger partial charge in [-0.1, -0.05) is 53.5 Å². The van der Waals surface area contributed by atoms with Crippen LogP contribution in [0.3, 0.4) is 0 Å². The van der Waals surface area contributed by atoms with Crippen molar-refractivity contribution in [3.63, 3.8) is 0 Å². The van der Waals surface area contributed by atoms with Crippen molar-refractivity contribution in [3.8, 4) is 5.75 Å². The standard InChI is InChI=1S/C19H22ClN5O5S/c1-4-14(12-8-6-5-7-9-12)21-18-19(25(27)30-23-18)22-15-11-10-13(20)17(16(15)26)31(28,29)24(2)3/h5-11,14,27H,4H2,1-3H3,(H2,21,23,26)/p+1/t14-/m1/s1. The molecule has 0 spiro atoms. The zero-order valence-electron chi connectivity index (χ0n) is 17.1. The zero-order chi connectivity index (χ0) is 22.8. The van der Waals surface area contributed by atoms with Gasteiger partial charge in [0.25, 0.3) is 0 Å². The topological polar surface area (TPSA) is 132 Å². The number of hydrogen-bond acceptors (Lipinski definition) is 8. The molecule has 12 heteroatoms. The predicted molar refractivity (Wildman–Crippen MR) is 114 cm³/mol. The van der Waals surface area contributed by atoms with Crippen LogP contribution in [-0.4, -0.2) is 42.3 Å². The van der Waals surface area contributed by atoms with Crippen LogP contribution < -0.4 is 15.5 Å². The van der Waals surface area contributed by atoms with Gasteiger partial charge in [-0.15, -0.1) is 0 Å². The summed E-state index contributed by atoms with van der Waals surface area (Å²) in [6.07, 6.45) is 0.708. The highest BCUT2D eigenvalue weighted by Crippen LogP contribution is 2.39. The van der Waals surface area contributed by atoms with Crippen molar-refractivity contribution >= 4 is 38.9 Å². The summed E-state index contributed by atoms with van der Waals surface area (Å²) in [4.78, 5) is -0.0934. The van der Waals surface area contributed by atoms with Crippen molar-refractivity contribution in [1.82, 2.24) is 9.46 Å². The van der Waals surface area contributed by atoms with E-state index >= 15 is 0 Å². The van der Waals surface area contributed by atoms with E-state index in [0.717, 1.165) is 9.87 Å². The number of nitrogens with one attached hydrogen (secondary N) is 2. The highest BCUT2D eigenvalue weighted by atomic mass is 35.5. The van der Waals surface area contributed by atoms with Gasteiger partial charge in [0, 0.05) is 14.1 Å². The molecule has 0 unspecified atom stereocenters. The predicted octanol–water partition coefficient (Wildman–Crippen LogP) is 3.12. The Morgan fingerprint density at radius 3 is 2.52 bits per heavy atom. The van der Waals surface area contributed by atoms with Crippen LogP contribution in [-0.2, 0) is 10.0 Å². The highest BCUT2D eigenvalue weighted by molar-refractivity contribution is 7.89. The molecule has 0 aliphatic heterocycles. The maximum Gasteiger partial charge on any atom is 0.370 e. The summed E-state index contributed by atoms with van der Waals surface area (Å²) in [5.41, 5.74) is 0.976. The maximum absolute atomic E-state index is 12.6. The third kappa shape index (κ3) is 4.53. The van der Waals surface area contributed by atoms with E-state index in [1.807, 2.05) is 37.3 Å². The fourth-order valence-electron chi connectivity index (χ4n) is 2.93. The molecule has 0 radical (unpaired) electrons.